The fourth-order valence-electron chi connectivity index (χ4n) is 2.26. The highest BCUT2D eigenvalue weighted by Gasteiger charge is 2.30. The number of nitrogens with zero attached hydrogens (tertiary/aromatic N) is 1. The maximum absolute atomic E-state index is 12.8. The first-order valence-electron chi connectivity index (χ1n) is 7.03. The Bertz CT molecular complexity index is 584. The topological polar surface area (TPSA) is 3.24 Å². The highest BCUT2D eigenvalue weighted by molar-refractivity contribution is 6.18. The molecule has 0 saturated carbocycles. The van der Waals surface area contributed by atoms with Crippen molar-refractivity contribution in [3.63, 3.8) is 0 Å². The molecule has 5 heteroatoms. The summed E-state index contributed by atoms with van der Waals surface area (Å²) in [5, 5.41) is 0. The van der Waals surface area contributed by atoms with Crippen molar-refractivity contribution in [1.29, 1.82) is 0 Å². The van der Waals surface area contributed by atoms with Crippen molar-refractivity contribution in [3.05, 3.63) is 65.7 Å². The van der Waals surface area contributed by atoms with E-state index in [1.165, 1.54) is 12.1 Å². The Hall–Kier alpha value is -1.68. The van der Waals surface area contributed by atoms with E-state index in [9.17, 15) is 13.2 Å². The van der Waals surface area contributed by atoms with E-state index >= 15 is 0 Å². The highest BCUT2D eigenvalue weighted by atomic mass is 35.5. The van der Waals surface area contributed by atoms with Gasteiger partial charge in [-0.15, -0.1) is 11.6 Å². The van der Waals surface area contributed by atoms with E-state index in [1.54, 1.807) is 6.07 Å². The molecule has 0 heterocycles. The van der Waals surface area contributed by atoms with Crippen LogP contribution in [0.2, 0.25) is 0 Å². The first kappa shape index (κ1) is 16.7. The number of rotatable bonds is 6. The van der Waals surface area contributed by atoms with Crippen molar-refractivity contribution >= 4 is 17.3 Å². The SMILES string of the molecule is FC(F)(F)c1cccc(N(CCCl)CCc2ccccc2)c1. The quantitative estimate of drug-likeness (QED) is 0.675. The number of benzene rings is 2. The van der Waals surface area contributed by atoms with Gasteiger partial charge in [0.15, 0.2) is 0 Å². The second-order valence-electron chi connectivity index (χ2n) is 4.96. The monoisotopic (exact) mass is 327 g/mol. The zero-order valence-electron chi connectivity index (χ0n) is 12.0. The molecule has 0 aliphatic heterocycles. The summed E-state index contributed by atoms with van der Waals surface area (Å²) in [7, 11) is 0. The van der Waals surface area contributed by atoms with Gasteiger partial charge in [-0.1, -0.05) is 36.4 Å². The zero-order valence-corrected chi connectivity index (χ0v) is 12.7. The minimum atomic E-state index is -4.33. The van der Waals surface area contributed by atoms with Gasteiger partial charge in [0.1, 0.15) is 0 Å². The lowest BCUT2D eigenvalue weighted by atomic mass is 10.1. The van der Waals surface area contributed by atoms with E-state index in [0.29, 0.717) is 24.7 Å². The van der Waals surface area contributed by atoms with Crippen molar-refractivity contribution in [2.45, 2.75) is 12.6 Å². The Kier molecular flexibility index (Phi) is 5.72. The van der Waals surface area contributed by atoms with Gasteiger partial charge in [-0.2, -0.15) is 13.2 Å². The van der Waals surface area contributed by atoms with E-state index in [4.69, 9.17) is 11.6 Å². The molecule has 118 valence electrons. The van der Waals surface area contributed by atoms with Gasteiger partial charge >= 0.3 is 6.18 Å². The van der Waals surface area contributed by atoms with Gasteiger partial charge in [-0.25, -0.2) is 0 Å². The summed E-state index contributed by atoms with van der Waals surface area (Å²) in [4.78, 5) is 1.88. The summed E-state index contributed by atoms with van der Waals surface area (Å²) in [6.45, 7) is 1.13. The Morgan fingerprint density at radius 2 is 1.64 bits per heavy atom. The number of hydrogen-bond donors (Lipinski definition) is 0. The molecular weight excluding hydrogens is 311 g/mol. The standard InChI is InChI=1S/C17H17ClF3N/c18-10-12-22(11-9-14-5-2-1-3-6-14)16-8-4-7-15(13-16)17(19,20)21/h1-8,13H,9-12H2. The molecular formula is C17H17ClF3N. The summed E-state index contributed by atoms with van der Waals surface area (Å²) in [6.07, 6.45) is -3.57. The normalized spacial score (nSPS) is 11.5. The van der Waals surface area contributed by atoms with E-state index in [0.717, 1.165) is 18.1 Å². The smallest absolute Gasteiger partial charge is 0.370 e. The molecule has 0 radical (unpaired) electrons. The molecule has 0 bridgehead atoms. The van der Waals surface area contributed by atoms with Gasteiger partial charge in [-0.3, -0.25) is 0 Å². The van der Waals surface area contributed by atoms with Crippen LogP contribution in [-0.4, -0.2) is 19.0 Å². The van der Waals surface area contributed by atoms with Crippen LogP contribution >= 0.6 is 11.6 Å². The number of alkyl halides is 4. The predicted molar refractivity (Wildman–Crippen MR) is 84.5 cm³/mol. The Morgan fingerprint density at radius 1 is 0.909 bits per heavy atom. The van der Waals surface area contributed by atoms with Crippen LogP contribution in [0.4, 0.5) is 18.9 Å². The van der Waals surface area contributed by atoms with Crippen LogP contribution in [0.5, 0.6) is 0 Å². The van der Waals surface area contributed by atoms with Gasteiger partial charge < -0.3 is 4.90 Å². The van der Waals surface area contributed by atoms with E-state index in [1.807, 2.05) is 35.2 Å². The fourth-order valence-corrected chi connectivity index (χ4v) is 2.46. The minimum Gasteiger partial charge on any atom is -0.370 e. The molecule has 0 aliphatic carbocycles. The maximum Gasteiger partial charge on any atom is 0.416 e. The molecule has 1 nitrogen and oxygen atoms in total. The van der Waals surface area contributed by atoms with Gasteiger partial charge in [0, 0.05) is 24.7 Å². The summed E-state index contributed by atoms with van der Waals surface area (Å²) in [5.74, 6) is 0.366. The summed E-state index contributed by atoms with van der Waals surface area (Å²) in [5.41, 5.74) is 1.06. The lowest BCUT2D eigenvalue weighted by Crippen LogP contribution is -2.28. The molecule has 0 saturated heterocycles. The van der Waals surface area contributed by atoms with E-state index in [2.05, 4.69) is 0 Å². The molecule has 0 unspecified atom stereocenters. The molecule has 22 heavy (non-hydrogen) atoms. The van der Waals surface area contributed by atoms with Gasteiger partial charge in [0.2, 0.25) is 0 Å². The first-order valence-corrected chi connectivity index (χ1v) is 7.56. The zero-order chi connectivity index (χ0) is 16.0. The van der Waals surface area contributed by atoms with E-state index in [-0.39, 0.29) is 0 Å². The summed E-state index contributed by atoms with van der Waals surface area (Å²) >= 11 is 5.79. The lowest BCUT2D eigenvalue weighted by Gasteiger charge is -2.25. The Morgan fingerprint density at radius 3 is 2.27 bits per heavy atom. The van der Waals surface area contributed by atoms with Crippen LogP contribution in [0.3, 0.4) is 0 Å². The van der Waals surface area contributed by atoms with Crippen LogP contribution in [0, 0.1) is 0 Å². The summed E-state index contributed by atoms with van der Waals surface area (Å²) < 4.78 is 38.5. The van der Waals surface area contributed by atoms with Crippen LogP contribution < -0.4 is 4.90 Å². The van der Waals surface area contributed by atoms with Crippen molar-refractivity contribution in [2.75, 3.05) is 23.9 Å². The molecule has 0 aromatic heterocycles. The number of anilines is 1. The van der Waals surface area contributed by atoms with Crippen molar-refractivity contribution in [2.24, 2.45) is 0 Å². The lowest BCUT2D eigenvalue weighted by molar-refractivity contribution is -0.137. The second-order valence-corrected chi connectivity index (χ2v) is 5.34. The molecule has 0 fully saturated rings. The van der Waals surface area contributed by atoms with Gasteiger partial charge in [-0.05, 0) is 30.2 Å². The average molecular weight is 328 g/mol. The molecule has 0 amide bonds. The van der Waals surface area contributed by atoms with Gasteiger partial charge in [0.05, 0.1) is 5.56 Å². The molecule has 0 aliphatic rings. The average Bonchev–Trinajstić information content (AvgIpc) is 2.52. The van der Waals surface area contributed by atoms with Gasteiger partial charge in [0.25, 0.3) is 0 Å². The third-order valence-corrected chi connectivity index (χ3v) is 3.58. The number of halogens is 4. The molecule has 0 N–H and O–H groups in total. The van der Waals surface area contributed by atoms with Crippen molar-refractivity contribution in [3.8, 4) is 0 Å². The largest absolute Gasteiger partial charge is 0.416 e. The molecule has 2 rings (SSSR count). The molecule has 0 atom stereocenters. The predicted octanol–water partition coefficient (Wildman–Crippen LogP) is 4.99. The summed E-state index contributed by atoms with van der Waals surface area (Å²) in [6, 6.07) is 15.2. The second kappa shape index (κ2) is 7.54. The third kappa shape index (κ3) is 4.67. The van der Waals surface area contributed by atoms with Crippen LogP contribution in [0.1, 0.15) is 11.1 Å². The minimum absolute atomic E-state index is 0.366. The van der Waals surface area contributed by atoms with Crippen LogP contribution in [0.25, 0.3) is 0 Å². The highest BCUT2D eigenvalue weighted by Crippen LogP contribution is 2.31. The fraction of sp³-hybridized carbons (Fsp3) is 0.294. The van der Waals surface area contributed by atoms with Crippen molar-refractivity contribution < 1.29 is 13.2 Å². The Labute approximate surface area is 133 Å². The Balaban J connectivity index is 2.13. The van der Waals surface area contributed by atoms with Crippen LogP contribution in [0.15, 0.2) is 54.6 Å². The molecule has 2 aromatic carbocycles. The third-order valence-electron chi connectivity index (χ3n) is 3.41. The first-order chi connectivity index (χ1) is 10.5. The maximum atomic E-state index is 12.8. The van der Waals surface area contributed by atoms with E-state index < -0.39 is 11.7 Å². The molecule has 2 aromatic rings. The number of hydrogen-bond acceptors (Lipinski definition) is 1. The van der Waals surface area contributed by atoms with Crippen LogP contribution in [-0.2, 0) is 12.6 Å². The molecule has 0 spiro atoms. The van der Waals surface area contributed by atoms with Crippen molar-refractivity contribution in [1.82, 2.24) is 0 Å².